The molecule has 1 aliphatic rings. The Morgan fingerprint density at radius 2 is 2.30 bits per heavy atom. The van der Waals surface area contributed by atoms with Gasteiger partial charge in [-0.25, -0.2) is 0 Å². The van der Waals surface area contributed by atoms with Gasteiger partial charge in [0.1, 0.15) is 0 Å². The van der Waals surface area contributed by atoms with Crippen LogP contribution in [0, 0.1) is 0 Å². The number of nitrogens with zero attached hydrogens (tertiary/aromatic N) is 1. The Kier molecular flexibility index (Phi) is 3.74. The van der Waals surface area contributed by atoms with Crippen molar-refractivity contribution in [1.82, 2.24) is 4.90 Å². The molecule has 0 saturated carbocycles. The van der Waals surface area contributed by atoms with Crippen molar-refractivity contribution in [3.8, 4) is 0 Å². The molecular formula is C15H17NO3S. The Balaban J connectivity index is 1.91. The number of carbonyl (C=O) groups excluding carboxylic acids is 1. The number of aliphatic hydroxyl groups excluding tert-OH is 1. The van der Waals surface area contributed by atoms with Gasteiger partial charge in [-0.3, -0.25) is 4.79 Å². The first-order valence-electron chi connectivity index (χ1n) is 6.70. The van der Waals surface area contributed by atoms with Crippen LogP contribution in [0.1, 0.15) is 17.3 Å². The lowest BCUT2D eigenvalue weighted by Gasteiger charge is -2.37. The molecule has 2 atom stereocenters. The summed E-state index contributed by atoms with van der Waals surface area (Å²) in [5, 5.41) is 12.1. The third-order valence-electron chi connectivity index (χ3n) is 3.68. The van der Waals surface area contributed by atoms with Crippen molar-refractivity contribution in [2.45, 2.75) is 19.1 Å². The predicted molar refractivity (Wildman–Crippen MR) is 79.1 cm³/mol. The highest BCUT2D eigenvalue weighted by atomic mass is 32.1. The van der Waals surface area contributed by atoms with E-state index in [0.717, 1.165) is 15.6 Å². The molecule has 2 unspecified atom stereocenters. The molecule has 106 valence electrons. The molecule has 1 fully saturated rings. The van der Waals surface area contributed by atoms with Crippen molar-refractivity contribution in [1.29, 1.82) is 0 Å². The lowest BCUT2D eigenvalue weighted by Crippen LogP contribution is -2.52. The molecule has 1 amide bonds. The monoisotopic (exact) mass is 291 g/mol. The zero-order valence-corrected chi connectivity index (χ0v) is 12.1. The van der Waals surface area contributed by atoms with Crippen LogP contribution in [0.5, 0.6) is 0 Å². The second-order valence-electron chi connectivity index (χ2n) is 5.09. The number of aliphatic hydroxyl groups is 1. The van der Waals surface area contributed by atoms with Crippen LogP contribution in [0.2, 0.25) is 0 Å². The van der Waals surface area contributed by atoms with Crippen molar-refractivity contribution in [2.24, 2.45) is 0 Å². The summed E-state index contributed by atoms with van der Waals surface area (Å²) >= 11 is 1.59. The van der Waals surface area contributed by atoms with Gasteiger partial charge in [-0.05, 0) is 13.0 Å². The average Bonchev–Trinajstić information content (AvgIpc) is 2.91. The zero-order valence-electron chi connectivity index (χ0n) is 11.3. The molecule has 1 aromatic carbocycles. The maximum absolute atomic E-state index is 12.7. The molecule has 0 radical (unpaired) electrons. The van der Waals surface area contributed by atoms with E-state index < -0.39 is 0 Å². The summed E-state index contributed by atoms with van der Waals surface area (Å²) in [5.41, 5.74) is 0.746. The van der Waals surface area contributed by atoms with E-state index in [2.05, 4.69) is 0 Å². The number of amides is 1. The molecule has 4 nitrogen and oxygen atoms in total. The Hall–Kier alpha value is -1.43. The third-order valence-corrected chi connectivity index (χ3v) is 4.64. The molecular weight excluding hydrogens is 274 g/mol. The second kappa shape index (κ2) is 5.52. The summed E-state index contributed by atoms with van der Waals surface area (Å²) in [4.78, 5) is 14.5. The minimum atomic E-state index is -0.278. The van der Waals surface area contributed by atoms with E-state index in [-0.39, 0.29) is 24.7 Å². The average molecular weight is 291 g/mol. The van der Waals surface area contributed by atoms with Gasteiger partial charge in [0.25, 0.3) is 5.91 Å². The van der Waals surface area contributed by atoms with Gasteiger partial charge < -0.3 is 14.7 Å². The highest BCUT2D eigenvalue weighted by molar-refractivity contribution is 7.17. The summed E-state index contributed by atoms with van der Waals surface area (Å²) in [7, 11) is 0. The van der Waals surface area contributed by atoms with Crippen LogP contribution in [0.3, 0.4) is 0 Å². The van der Waals surface area contributed by atoms with E-state index in [4.69, 9.17) is 4.74 Å². The summed E-state index contributed by atoms with van der Waals surface area (Å²) in [5.74, 6) is 0.0247. The van der Waals surface area contributed by atoms with Gasteiger partial charge in [0.15, 0.2) is 0 Å². The van der Waals surface area contributed by atoms with Crippen LogP contribution in [0.15, 0.2) is 29.6 Å². The topological polar surface area (TPSA) is 49.8 Å². The largest absolute Gasteiger partial charge is 0.394 e. The van der Waals surface area contributed by atoms with Gasteiger partial charge in [-0.15, -0.1) is 11.3 Å². The zero-order chi connectivity index (χ0) is 14.1. The minimum absolute atomic E-state index is 0.0247. The lowest BCUT2D eigenvalue weighted by atomic mass is 10.1. The van der Waals surface area contributed by atoms with Crippen LogP contribution in [-0.4, -0.2) is 47.8 Å². The van der Waals surface area contributed by atoms with Crippen molar-refractivity contribution in [2.75, 3.05) is 19.8 Å². The first kappa shape index (κ1) is 13.5. The van der Waals surface area contributed by atoms with Gasteiger partial charge in [0, 0.05) is 22.0 Å². The standard InChI is InChI=1S/C15H17NO3S/c1-10-8-19-11(7-17)6-16(10)15(18)13-9-20-14-5-3-2-4-12(13)14/h2-5,9-11,17H,6-8H2,1H3. The van der Waals surface area contributed by atoms with Gasteiger partial charge in [0.2, 0.25) is 0 Å². The maximum atomic E-state index is 12.7. The number of hydrogen-bond donors (Lipinski definition) is 1. The number of morpholine rings is 1. The highest BCUT2D eigenvalue weighted by Gasteiger charge is 2.30. The molecule has 0 aliphatic carbocycles. The fourth-order valence-electron chi connectivity index (χ4n) is 2.51. The molecule has 3 rings (SSSR count). The number of benzene rings is 1. The van der Waals surface area contributed by atoms with Crippen LogP contribution in [-0.2, 0) is 4.74 Å². The number of fused-ring (bicyclic) bond motifs is 1. The first-order chi connectivity index (χ1) is 9.70. The number of ether oxygens (including phenoxy) is 1. The molecule has 2 heterocycles. The Bertz CT molecular complexity index is 624. The lowest BCUT2D eigenvalue weighted by molar-refractivity contribution is -0.0666. The highest BCUT2D eigenvalue weighted by Crippen LogP contribution is 2.28. The maximum Gasteiger partial charge on any atom is 0.255 e. The van der Waals surface area contributed by atoms with Crippen LogP contribution in [0.4, 0.5) is 0 Å². The molecule has 0 bridgehead atoms. The fraction of sp³-hybridized carbons (Fsp3) is 0.400. The van der Waals surface area contributed by atoms with E-state index in [1.807, 2.05) is 36.6 Å². The molecule has 1 aromatic heterocycles. The van der Waals surface area contributed by atoms with Crippen molar-refractivity contribution < 1.29 is 14.6 Å². The van der Waals surface area contributed by atoms with Crippen molar-refractivity contribution >= 4 is 27.3 Å². The van der Waals surface area contributed by atoms with E-state index in [1.165, 1.54) is 0 Å². The van der Waals surface area contributed by atoms with Gasteiger partial charge >= 0.3 is 0 Å². The first-order valence-corrected chi connectivity index (χ1v) is 7.58. The van der Waals surface area contributed by atoms with E-state index in [9.17, 15) is 9.90 Å². The number of hydrogen-bond acceptors (Lipinski definition) is 4. The summed E-state index contributed by atoms with van der Waals surface area (Å²) < 4.78 is 6.60. The van der Waals surface area contributed by atoms with E-state index >= 15 is 0 Å². The summed E-state index contributed by atoms with van der Waals surface area (Å²) in [6, 6.07) is 7.96. The van der Waals surface area contributed by atoms with Gasteiger partial charge in [-0.2, -0.15) is 0 Å². The Labute approximate surface area is 121 Å². The second-order valence-corrected chi connectivity index (χ2v) is 6.00. The molecule has 5 heteroatoms. The molecule has 2 aromatic rings. The summed E-state index contributed by atoms with van der Waals surface area (Å²) in [6.07, 6.45) is -0.278. The molecule has 0 spiro atoms. The molecule has 1 saturated heterocycles. The normalized spacial score (nSPS) is 23.2. The number of rotatable bonds is 2. The number of carbonyl (C=O) groups is 1. The SMILES string of the molecule is CC1COC(CO)CN1C(=O)c1csc2ccccc12. The van der Waals surface area contributed by atoms with Gasteiger partial charge in [0.05, 0.1) is 30.9 Å². The molecule has 20 heavy (non-hydrogen) atoms. The third kappa shape index (κ3) is 2.32. The quantitative estimate of drug-likeness (QED) is 0.922. The van der Waals surface area contributed by atoms with Gasteiger partial charge in [-0.1, -0.05) is 18.2 Å². The Morgan fingerprint density at radius 3 is 3.10 bits per heavy atom. The minimum Gasteiger partial charge on any atom is -0.394 e. The van der Waals surface area contributed by atoms with Crippen LogP contribution >= 0.6 is 11.3 Å². The Morgan fingerprint density at radius 1 is 1.50 bits per heavy atom. The van der Waals surface area contributed by atoms with Crippen LogP contribution < -0.4 is 0 Å². The number of thiophene rings is 1. The van der Waals surface area contributed by atoms with Crippen LogP contribution in [0.25, 0.3) is 10.1 Å². The van der Waals surface area contributed by atoms with Crippen molar-refractivity contribution in [3.05, 3.63) is 35.2 Å². The van der Waals surface area contributed by atoms with E-state index in [1.54, 1.807) is 16.2 Å². The summed E-state index contributed by atoms with van der Waals surface area (Å²) in [6.45, 7) is 2.83. The smallest absolute Gasteiger partial charge is 0.255 e. The van der Waals surface area contributed by atoms with E-state index in [0.29, 0.717) is 13.2 Å². The predicted octanol–water partition coefficient (Wildman–Crippen LogP) is 2.12. The molecule has 1 N–H and O–H groups in total. The fourth-order valence-corrected chi connectivity index (χ4v) is 3.44. The van der Waals surface area contributed by atoms with Crippen molar-refractivity contribution in [3.63, 3.8) is 0 Å². The molecule has 1 aliphatic heterocycles.